The molecule has 0 spiro atoms. The molecular weight excluding hydrogens is 370 g/mol. The zero-order valence-corrected chi connectivity index (χ0v) is 19.8. The number of aromatic nitrogens is 2. The third kappa shape index (κ3) is 5.97. The van der Waals surface area contributed by atoms with Crippen LogP contribution in [0.25, 0.3) is 5.57 Å². The van der Waals surface area contributed by atoms with Crippen LogP contribution in [0.5, 0.6) is 0 Å². The Kier molecular flexibility index (Phi) is 8.70. The smallest absolute Gasteiger partial charge is 0.105 e. The Labute approximate surface area is 183 Å². The number of hydrogen-bond acceptors (Lipinski definition) is 3. The fourth-order valence-electron chi connectivity index (χ4n) is 4.09. The predicted octanol–water partition coefficient (Wildman–Crippen LogP) is 5.66. The number of aliphatic imine (C=N–C) groups is 1. The highest BCUT2D eigenvalue weighted by Gasteiger charge is 2.22. The molecule has 1 aliphatic rings. The van der Waals surface area contributed by atoms with Crippen LogP contribution in [0.1, 0.15) is 65.9 Å². The van der Waals surface area contributed by atoms with Gasteiger partial charge in [0.2, 0.25) is 0 Å². The van der Waals surface area contributed by atoms with Crippen LogP contribution < -0.4 is 5.32 Å². The fraction of sp³-hybridized carbons (Fsp3) is 0.520. The van der Waals surface area contributed by atoms with Gasteiger partial charge in [-0.2, -0.15) is 5.10 Å². The first-order valence-electron chi connectivity index (χ1n) is 11.1. The molecule has 0 amide bonds. The summed E-state index contributed by atoms with van der Waals surface area (Å²) in [6, 6.07) is 0. The van der Waals surface area contributed by atoms with Crippen molar-refractivity contribution < 1.29 is 0 Å². The molecule has 1 fully saturated rings. The van der Waals surface area contributed by atoms with E-state index in [1.54, 1.807) is 0 Å². The molecule has 1 aromatic heterocycles. The minimum Gasteiger partial charge on any atom is -0.358 e. The number of hydrogen-bond donors (Lipinski definition) is 1. The normalized spacial score (nSPS) is 18.5. The molecule has 0 unspecified atom stereocenters. The van der Waals surface area contributed by atoms with E-state index in [9.17, 15) is 0 Å². The van der Waals surface area contributed by atoms with Crippen molar-refractivity contribution in [3.8, 4) is 0 Å². The molecule has 0 aliphatic carbocycles. The molecule has 1 aromatic rings. The van der Waals surface area contributed by atoms with Crippen LogP contribution in [0.15, 0.2) is 59.3 Å². The summed E-state index contributed by atoms with van der Waals surface area (Å²) in [6.07, 6.45) is 10.7. The van der Waals surface area contributed by atoms with Crippen LogP contribution in [0.3, 0.4) is 0 Å². The molecule has 5 nitrogen and oxygen atoms in total. The summed E-state index contributed by atoms with van der Waals surface area (Å²) in [6.45, 7) is 21.2. The second-order valence-electron chi connectivity index (χ2n) is 8.19. The van der Waals surface area contributed by atoms with Crippen LogP contribution in [-0.4, -0.2) is 33.6 Å². The summed E-state index contributed by atoms with van der Waals surface area (Å²) in [5, 5.41) is 7.74. The molecule has 30 heavy (non-hydrogen) atoms. The molecule has 0 aromatic carbocycles. The number of nitrogens with zero attached hydrogens (tertiary/aromatic N) is 4. The van der Waals surface area contributed by atoms with E-state index < -0.39 is 0 Å². The van der Waals surface area contributed by atoms with Crippen molar-refractivity contribution in [1.82, 2.24) is 20.0 Å². The number of likely N-dealkylation sites (tertiary alicyclic amines) is 1. The third-order valence-corrected chi connectivity index (χ3v) is 5.79. The molecule has 164 valence electrons. The van der Waals surface area contributed by atoms with Gasteiger partial charge in [-0.15, -0.1) is 0 Å². The Bertz CT molecular complexity index is 853. The number of allylic oxidation sites excluding steroid dienone is 4. The molecule has 0 bridgehead atoms. The molecule has 0 saturated carbocycles. The zero-order chi connectivity index (χ0) is 22.3. The molecule has 1 N–H and O–H groups in total. The molecule has 2 heterocycles. The average Bonchev–Trinajstić information content (AvgIpc) is 3.35. The van der Waals surface area contributed by atoms with Crippen LogP contribution in [-0.2, 0) is 7.05 Å². The van der Waals surface area contributed by atoms with Crippen molar-refractivity contribution in [1.29, 1.82) is 0 Å². The van der Waals surface area contributed by atoms with E-state index in [4.69, 9.17) is 4.99 Å². The van der Waals surface area contributed by atoms with Gasteiger partial charge in [0.25, 0.3) is 0 Å². The van der Waals surface area contributed by atoms with Gasteiger partial charge in [-0.05, 0) is 62.7 Å². The van der Waals surface area contributed by atoms with Crippen molar-refractivity contribution in [3.05, 3.63) is 59.9 Å². The average molecular weight is 410 g/mol. The van der Waals surface area contributed by atoms with Crippen molar-refractivity contribution in [2.75, 3.05) is 13.1 Å². The summed E-state index contributed by atoms with van der Waals surface area (Å²) in [7, 11) is 1.93. The van der Waals surface area contributed by atoms with E-state index >= 15 is 0 Å². The zero-order valence-electron chi connectivity index (χ0n) is 19.8. The van der Waals surface area contributed by atoms with E-state index in [0.717, 1.165) is 65.1 Å². The van der Waals surface area contributed by atoms with E-state index in [1.165, 1.54) is 19.3 Å². The van der Waals surface area contributed by atoms with Gasteiger partial charge in [-0.3, -0.25) is 4.68 Å². The van der Waals surface area contributed by atoms with E-state index in [2.05, 4.69) is 62.2 Å². The van der Waals surface area contributed by atoms with Crippen LogP contribution in [0, 0.1) is 5.92 Å². The van der Waals surface area contributed by atoms with E-state index in [0.29, 0.717) is 0 Å². The number of amidine groups is 1. The second-order valence-corrected chi connectivity index (χ2v) is 8.19. The number of rotatable bonds is 9. The molecule has 1 atom stereocenters. The maximum absolute atomic E-state index is 4.95. The minimum atomic E-state index is 0.778. The molecular formula is C25H39N5. The molecule has 0 radical (unpaired) electrons. The summed E-state index contributed by atoms with van der Waals surface area (Å²) >= 11 is 0. The minimum absolute atomic E-state index is 0.778. The lowest BCUT2D eigenvalue weighted by Crippen LogP contribution is -2.32. The number of aryl methyl sites for hydroxylation is 1. The Hall–Kier alpha value is -2.56. The highest BCUT2D eigenvalue weighted by atomic mass is 15.3. The van der Waals surface area contributed by atoms with Crippen molar-refractivity contribution >= 4 is 11.4 Å². The van der Waals surface area contributed by atoms with E-state index in [1.807, 2.05) is 31.0 Å². The Morgan fingerprint density at radius 3 is 2.63 bits per heavy atom. The number of nitrogens with one attached hydrogen (secondary N) is 1. The van der Waals surface area contributed by atoms with Gasteiger partial charge in [0.15, 0.2) is 0 Å². The quantitative estimate of drug-likeness (QED) is 0.325. The standard InChI is InChI=1S/C25H39N5/c1-9-12-22-13-14-30(16-22)21(7)27-20(6)28-25(18(4)10-2)19(5)24(11-3)23-15-26-29(8)17-23/h11,15,17,22H,4,7,9-10,12-14,16H2,1-3,5-6,8H3,(H,27,28)/b24-11+,25-19+/t22-/m1/s1. The van der Waals surface area contributed by atoms with Gasteiger partial charge >= 0.3 is 0 Å². The molecule has 5 heteroatoms. The van der Waals surface area contributed by atoms with Crippen LogP contribution in [0.2, 0.25) is 0 Å². The highest BCUT2D eigenvalue weighted by molar-refractivity contribution is 5.85. The molecule has 1 saturated heterocycles. The van der Waals surface area contributed by atoms with Gasteiger partial charge in [0.1, 0.15) is 5.84 Å². The Morgan fingerprint density at radius 2 is 2.07 bits per heavy atom. The van der Waals surface area contributed by atoms with Gasteiger partial charge in [0, 0.05) is 31.9 Å². The topological polar surface area (TPSA) is 45.5 Å². The van der Waals surface area contributed by atoms with Gasteiger partial charge in [-0.25, -0.2) is 4.99 Å². The third-order valence-electron chi connectivity index (χ3n) is 5.79. The van der Waals surface area contributed by atoms with Gasteiger partial charge in [-0.1, -0.05) is 39.5 Å². The lowest BCUT2D eigenvalue weighted by molar-refractivity contribution is 0.382. The molecule has 1 aliphatic heterocycles. The van der Waals surface area contributed by atoms with Crippen molar-refractivity contribution in [3.63, 3.8) is 0 Å². The SMILES string of the molecule is C=C(CC)C(/N=C(\C)NC(=C)N1CC[C@@H](CCC)C1)=C(C)\C(=C/C)c1cnn(C)c1. The lowest BCUT2D eigenvalue weighted by Gasteiger charge is -2.23. The first kappa shape index (κ1) is 23.7. The second kappa shape index (κ2) is 11.0. The maximum atomic E-state index is 4.95. The Balaban J connectivity index is 2.24. The lowest BCUT2D eigenvalue weighted by atomic mass is 9.96. The van der Waals surface area contributed by atoms with Gasteiger partial charge < -0.3 is 10.2 Å². The summed E-state index contributed by atoms with van der Waals surface area (Å²) in [5.74, 6) is 2.55. The van der Waals surface area contributed by atoms with Crippen LogP contribution in [0.4, 0.5) is 0 Å². The summed E-state index contributed by atoms with van der Waals surface area (Å²) in [4.78, 5) is 7.29. The van der Waals surface area contributed by atoms with Crippen molar-refractivity contribution in [2.45, 2.75) is 60.3 Å². The van der Waals surface area contributed by atoms with Crippen LogP contribution >= 0.6 is 0 Å². The summed E-state index contributed by atoms with van der Waals surface area (Å²) < 4.78 is 1.82. The van der Waals surface area contributed by atoms with Crippen molar-refractivity contribution in [2.24, 2.45) is 18.0 Å². The fourth-order valence-corrected chi connectivity index (χ4v) is 4.09. The summed E-state index contributed by atoms with van der Waals surface area (Å²) in [5.41, 5.74) is 5.27. The first-order valence-corrected chi connectivity index (χ1v) is 11.1. The monoisotopic (exact) mass is 409 g/mol. The molecule has 2 rings (SSSR count). The Morgan fingerprint density at radius 1 is 1.33 bits per heavy atom. The van der Waals surface area contributed by atoms with E-state index in [-0.39, 0.29) is 0 Å². The largest absolute Gasteiger partial charge is 0.358 e. The van der Waals surface area contributed by atoms with Gasteiger partial charge in [0.05, 0.1) is 17.7 Å². The maximum Gasteiger partial charge on any atom is 0.105 e. The highest BCUT2D eigenvalue weighted by Crippen LogP contribution is 2.29. The first-order chi connectivity index (χ1) is 14.3. The predicted molar refractivity (Wildman–Crippen MR) is 129 cm³/mol.